The summed E-state index contributed by atoms with van der Waals surface area (Å²) < 4.78 is 41.3. The van der Waals surface area contributed by atoms with Gasteiger partial charge in [-0.2, -0.15) is 5.10 Å². The van der Waals surface area contributed by atoms with Crippen molar-refractivity contribution in [2.45, 2.75) is 13.3 Å². The van der Waals surface area contributed by atoms with E-state index in [2.05, 4.69) is 20.3 Å². The van der Waals surface area contributed by atoms with Crippen LogP contribution in [0.25, 0.3) is 38.8 Å². The number of rotatable bonds is 3. The Morgan fingerprint density at radius 2 is 1.83 bits per heavy atom. The molecule has 0 aliphatic rings. The lowest BCUT2D eigenvalue weighted by Crippen LogP contribution is -1.95. The van der Waals surface area contributed by atoms with Gasteiger partial charge in [-0.15, -0.1) is 5.10 Å². The van der Waals surface area contributed by atoms with Gasteiger partial charge in [-0.05, 0) is 59.5 Å². The van der Waals surface area contributed by atoms with Crippen LogP contribution in [0.15, 0.2) is 54.9 Å². The van der Waals surface area contributed by atoms with Crippen molar-refractivity contribution >= 4 is 16.6 Å². The van der Waals surface area contributed by atoms with Crippen LogP contribution in [-0.4, -0.2) is 24.8 Å². The van der Waals surface area contributed by atoms with E-state index >= 15 is 0 Å². The molecule has 2 aromatic carbocycles. The lowest BCUT2D eigenvalue weighted by molar-refractivity contribution is 0.140. The molecule has 0 saturated carbocycles. The number of aromatic nitrogens is 5. The molecule has 8 heteroatoms. The first-order chi connectivity index (χ1) is 14.0. The second-order valence-electron chi connectivity index (χ2n) is 6.78. The Morgan fingerprint density at radius 3 is 2.59 bits per heavy atom. The number of aryl methyl sites for hydroxylation is 1. The van der Waals surface area contributed by atoms with Gasteiger partial charge in [0.15, 0.2) is 5.65 Å². The first-order valence-corrected chi connectivity index (χ1v) is 8.89. The third-order valence-corrected chi connectivity index (χ3v) is 4.91. The number of fused-ring (bicyclic) bond motifs is 2. The van der Waals surface area contributed by atoms with Crippen molar-refractivity contribution in [3.05, 3.63) is 72.1 Å². The summed E-state index contributed by atoms with van der Waals surface area (Å²) in [5.74, 6) is -0.891. The summed E-state index contributed by atoms with van der Waals surface area (Å²) in [6.45, 7) is 1.94. The number of alkyl halides is 2. The van der Waals surface area contributed by atoms with E-state index < -0.39 is 12.2 Å². The van der Waals surface area contributed by atoms with Crippen LogP contribution in [0.3, 0.4) is 0 Å². The first-order valence-electron chi connectivity index (χ1n) is 8.89. The van der Waals surface area contributed by atoms with Crippen LogP contribution >= 0.6 is 0 Å². The van der Waals surface area contributed by atoms with Gasteiger partial charge in [0.1, 0.15) is 5.82 Å². The van der Waals surface area contributed by atoms with Crippen LogP contribution < -0.4 is 0 Å². The summed E-state index contributed by atoms with van der Waals surface area (Å²) in [5, 5.41) is 11.8. The molecule has 0 aliphatic carbocycles. The van der Waals surface area contributed by atoms with Crippen molar-refractivity contribution < 1.29 is 13.2 Å². The van der Waals surface area contributed by atoms with Crippen molar-refractivity contribution in [1.82, 2.24) is 24.8 Å². The van der Waals surface area contributed by atoms with Gasteiger partial charge in [0, 0.05) is 17.1 Å². The van der Waals surface area contributed by atoms with E-state index in [1.54, 1.807) is 30.6 Å². The van der Waals surface area contributed by atoms with Gasteiger partial charge >= 0.3 is 0 Å². The Hall–Kier alpha value is -3.68. The lowest BCUT2D eigenvalue weighted by Gasteiger charge is -2.12. The predicted molar refractivity (Wildman–Crippen MR) is 103 cm³/mol. The van der Waals surface area contributed by atoms with Crippen molar-refractivity contribution in [2.75, 3.05) is 0 Å². The van der Waals surface area contributed by atoms with Crippen LogP contribution in [0.4, 0.5) is 13.2 Å². The number of halogens is 3. The highest BCUT2D eigenvalue weighted by molar-refractivity contribution is 5.96. The molecule has 1 N–H and O–H groups in total. The van der Waals surface area contributed by atoms with Crippen LogP contribution in [0.2, 0.25) is 0 Å². The standard InChI is InChI=1S/C21H14F3N5/c1-11-8-13(9-14-10-25-27-18(11)14)17-16(12-2-4-15(22)5-3-12)6-7-29-21(17)26-20(28-29)19(23)24/h2-10,19H,1H3,(H,25,27). The molecule has 5 nitrogen and oxygen atoms in total. The van der Waals surface area contributed by atoms with E-state index in [0.717, 1.165) is 33.2 Å². The number of benzene rings is 2. The summed E-state index contributed by atoms with van der Waals surface area (Å²) in [6.07, 6.45) is 0.507. The summed E-state index contributed by atoms with van der Waals surface area (Å²) in [7, 11) is 0. The number of nitrogens with one attached hydrogen (secondary N) is 1. The highest BCUT2D eigenvalue weighted by Crippen LogP contribution is 2.37. The lowest BCUT2D eigenvalue weighted by atomic mass is 9.94. The topological polar surface area (TPSA) is 58.9 Å². The monoisotopic (exact) mass is 393 g/mol. The second kappa shape index (κ2) is 6.44. The van der Waals surface area contributed by atoms with Crippen molar-refractivity contribution in [3.63, 3.8) is 0 Å². The number of nitrogens with zero attached hydrogens (tertiary/aromatic N) is 4. The van der Waals surface area contributed by atoms with E-state index in [4.69, 9.17) is 0 Å². The third-order valence-electron chi connectivity index (χ3n) is 4.91. The zero-order valence-corrected chi connectivity index (χ0v) is 15.2. The Morgan fingerprint density at radius 1 is 1.03 bits per heavy atom. The van der Waals surface area contributed by atoms with Gasteiger partial charge in [0.25, 0.3) is 6.43 Å². The zero-order valence-electron chi connectivity index (χ0n) is 15.2. The van der Waals surface area contributed by atoms with Crippen LogP contribution in [-0.2, 0) is 0 Å². The van der Waals surface area contributed by atoms with Gasteiger partial charge in [-0.3, -0.25) is 5.10 Å². The van der Waals surface area contributed by atoms with E-state index in [1.807, 2.05) is 19.1 Å². The Kier molecular flexibility index (Phi) is 3.87. The zero-order chi connectivity index (χ0) is 20.1. The second-order valence-corrected chi connectivity index (χ2v) is 6.78. The van der Waals surface area contributed by atoms with Crippen LogP contribution in [0, 0.1) is 12.7 Å². The quantitative estimate of drug-likeness (QED) is 0.451. The Bertz CT molecular complexity index is 1350. The predicted octanol–water partition coefficient (Wildman–Crippen LogP) is 5.32. The maximum atomic E-state index is 13.4. The van der Waals surface area contributed by atoms with Crippen LogP contribution in [0.5, 0.6) is 0 Å². The molecule has 0 unspecified atom stereocenters. The van der Waals surface area contributed by atoms with Crippen molar-refractivity contribution in [1.29, 1.82) is 0 Å². The number of aromatic amines is 1. The molecular weight excluding hydrogens is 379 g/mol. The molecule has 3 heterocycles. The number of H-pyrrole nitrogens is 1. The Labute approximate surface area is 162 Å². The minimum Gasteiger partial charge on any atom is -0.278 e. The number of hydrogen-bond acceptors (Lipinski definition) is 3. The number of hydrogen-bond donors (Lipinski definition) is 1. The molecule has 0 saturated heterocycles. The van der Waals surface area contributed by atoms with Gasteiger partial charge < -0.3 is 0 Å². The molecule has 0 atom stereocenters. The molecule has 5 rings (SSSR count). The average molecular weight is 393 g/mol. The summed E-state index contributed by atoms with van der Waals surface area (Å²) in [6, 6.07) is 11.7. The molecule has 29 heavy (non-hydrogen) atoms. The average Bonchev–Trinajstić information content (AvgIpc) is 3.35. The maximum absolute atomic E-state index is 13.4. The van der Waals surface area contributed by atoms with Crippen molar-refractivity contribution in [3.8, 4) is 22.3 Å². The highest BCUT2D eigenvalue weighted by atomic mass is 19.3. The van der Waals surface area contributed by atoms with E-state index in [1.165, 1.54) is 16.6 Å². The SMILES string of the molecule is Cc1cc(-c2c(-c3ccc(F)cc3)ccn3nc(C(F)F)nc23)cc2cn[nH]c12. The van der Waals surface area contributed by atoms with Gasteiger partial charge in [0.2, 0.25) is 5.82 Å². The minimum atomic E-state index is -2.78. The highest BCUT2D eigenvalue weighted by Gasteiger charge is 2.20. The summed E-state index contributed by atoms with van der Waals surface area (Å²) >= 11 is 0. The van der Waals surface area contributed by atoms with E-state index in [0.29, 0.717) is 11.2 Å². The van der Waals surface area contributed by atoms with Gasteiger partial charge in [0.05, 0.1) is 11.7 Å². The molecular formula is C21H14F3N5. The maximum Gasteiger partial charge on any atom is 0.299 e. The molecule has 144 valence electrons. The molecule has 0 radical (unpaired) electrons. The molecule has 0 bridgehead atoms. The molecule has 0 amide bonds. The fourth-order valence-corrected chi connectivity index (χ4v) is 3.59. The molecule has 0 aliphatic heterocycles. The van der Waals surface area contributed by atoms with Gasteiger partial charge in [-0.25, -0.2) is 22.7 Å². The summed E-state index contributed by atoms with van der Waals surface area (Å²) in [5.41, 5.74) is 5.08. The smallest absolute Gasteiger partial charge is 0.278 e. The molecule has 3 aromatic heterocycles. The minimum absolute atomic E-state index is 0.310. The number of pyridine rings is 1. The van der Waals surface area contributed by atoms with Gasteiger partial charge in [-0.1, -0.05) is 12.1 Å². The fourth-order valence-electron chi connectivity index (χ4n) is 3.59. The normalized spacial score (nSPS) is 11.8. The third kappa shape index (κ3) is 2.84. The largest absolute Gasteiger partial charge is 0.299 e. The Balaban J connectivity index is 1.86. The molecule has 0 fully saturated rings. The fraction of sp³-hybridized carbons (Fsp3) is 0.0952. The van der Waals surface area contributed by atoms with E-state index in [9.17, 15) is 13.2 Å². The van der Waals surface area contributed by atoms with Crippen LogP contribution in [0.1, 0.15) is 17.8 Å². The van der Waals surface area contributed by atoms with Crippen molar-refractivity contribution in [2.24, 2.45) is 0 Å². The summed E-state index contributed by atoms with van der Waals surface area (Å²) in [4.78, 5) is 4.09. The van der Waals surface area contributed by atoms with E-state index in [-0.39, 0.29) is 5.82 Å². The molecule has 5 aromatic rings. The first kappa shape index (κ1) is 17.4. The molecule has 0 spiro atoms.